The Balaban J connectivity index is 0.000000325. The number of hydrogen-bond donors (Lipinski definition) is 3. The number of carboxylic acid groups (broad SMARTS) is 1. The second-order valence-corrected chi connectivity index (χ2v) is 22.3. The number of carbonyl (C=O) groups excluding carboxylic acids is 2. The molecule has 2 aromatic carbocycles. The van der Waals surface area contributed by atoms with Crippen LogP contribution in [0.1, 0.15) is 69.4 Å². The number of halogens is 5. The number of nitrogens with one attached hydrogen (secondary N) is 1. The van der Waals surface area contributed by atoms with Crippen molar-refractivity contribution in [1.29, 1.82) is 0 Å². The van der Waals surface area contributed by atoms with Crippen LogP contribution in [0.25, 0.3) is 5.69 Å². The van der Waals surface area contributed by atoms with Crippen LogP contribution in [-0.4, -0.2) is 122 Å². The number of fused-ring (bicyclic) bond motifs is 1. The van der Waals surface area contributed by atoms with Gasteiger partial charge in [0, 0.05) is 25.6 Å². The lowest BCUT2D eigenvalue weighted by Crippen LogP contribution is -2.45. The van der Waals surface area contributed by atoms with Crippen LogP contribution in [0, 0.1) is 19.3 Å². The van der Waals surface area contributed by atoms with Crippen molar-refractivity contribution in [3.8, 4) is 23.8 Å². The average Bonchev–Trinajstić information content (AvgIpc) is 4.04. The van der Waals surface area contributed by atoms with Gasteiger partial charge in [0.05, 0.1) is 65.8 Å². The van der Waals surface area contributed by atoms with Crippen molar-refractivity contribution in [2.45, 2.75) is 83.5 Å². The average molecular weight is 1130 g/mol. The molecule has 71 heavy (non-hydrogen) atoms. The van der Waals surface area contributed by atoms with E-state index in [1.54, 1.807) is 41.7 Å². The maximum Gasteiger partial charge on any atom is 0.350 e. The fourth-order valence-electron chi connectivity index (χ4n) is 6.61. The number of nitrogens with zero attached hydrogens (tertiary/aromatic N) is 5. The lowest BCUT2D eigenvalue weighted by atomic mass is 10.0. The van der Waals surface area contributed by atoms with Crippen molar-refractivity contribution in [3.05, 3.63) is 92.0 Å². The summed E-state index contributed by atoms with van der Waals surface area (Å²) in [4.78, 5) is 66.1. The third kappa shape index (κ3) is 21.0. The topological polar surface area (TPSA) is 231 Å². The van der Waals surface area contributed by atoms with Crippen molar-refractivity contribution in [3.63, 3.8) is 0 Å². The third-order valence-electron chi connectivity index (χ3n) is 9.65. The molecule has 25 heteroatoms. The van der Waals surface area contributed by atoms with Crippen LogP contribution in [0.4, 0.5) is 5.69 Å². The molecule has 6 rings (SSSR count). The number of para-hydroxylation sites is 1. The number of ether oxygens (including phenoxy) is 3. The molecule has 0 radical (unpaired) electrons. The minimum atomic E-state index is -4.35. The van der Waals surface area contributed by atoms with Gasteiger partial charge in [0.15, 0.2) is 4.84 Å². The Labute approximate surface area is 442 Å². The summed E-state index contributed by atoms with van der Waals surface area (Å²) in [6.07, 6.45) is 16.0. The van der Waals surface area contributed by atoms with Crippen LogP contribution < -0.4 is 25.5 Å². The van der Waals surface area contributed by atoms with Crippen molar-refractivity contribution < 1.29 is 52.5 Å². The van der Waals surface area contributed by atoms with E-state index in [1.807, 2.05) is 43.4 Å². The third-order valence-corrected chi connectivity index (χ3v) is 11.5. The number of carbonyl (C=O) groups is 3. The highest BCUT2D eigenvalue weighted by Gasteiger charge is 2.45. The summed E-state index contributed by atoms with van der Waals surface area (Å²) >= 11 is 29.2. The molecule has 0 saturated carbocycles. The van der Waals surface area contributed by atoms with Crippen molar-refractivity contribution in [2.75, 3.05) is 68.9 Å². The summed E-state index contributed by atoms with van der Waals surface area (Å²) < 4.78 is 34.7. The van der Waals surface area contributed by atoms with Gasteiger partial charge < -0.3 is 43.0 Å². The molecule has 2 aliphatic heterocycles. The van der Waals surface area contributed by atoms with Gasteiger partial charge in [0.2, 0.25) is 5.91 Å². The quantitative estimate of drug-likeness (QED) is 0.0352. The Morgan fingerprint density at radius 1 is 1.13 bits per heavy atom. The molecule has 0 spiro atoms. The minimum Gasteiger partial charge on any atom is -0.778 e. The minimum absolute atomic E-state index is 0.0371. The number of anilines is 1. The number of furan rings is 1. The van der Waals surface area contributed by atoms with Crippen LogP contribution in [0.2, 0.25) is 10.0 Å². The van der Waals surface area contributed by atoms with Crippen LogP contribution in [0.3, 0.4) is 0 Å². The summed E-state index contributed by atoms with van der Waals surface area (Å²) in [6.45, 7) is 11.0. The van der Waals surface area contributed by atoms with E-state index < -0.39 is 37.0 Å². The predicted octanol–water partition coefficient (Wildman–Crippen LogP) is 7.19. The Kier molecular flexibility index (Phi) is 27.8. The van der Waals surface area contributed by atoms with E-state index in [9.17, 15) is 28.6 Å². The van der Waals surface area contributed by atoms with Gasteiger partial charge in [0.1, 0.15) is 56.0 Å². The number of benzene rings is 2. The Hall–Kier alpha value is -3.74. The first-order valence-electron chi connectivity index (χ1n) is 21.9. The van der Waals surface area contributed by atoms with E-state index in [0.717, 1.165) is 48.3 Å². The molecule has 18 nitrogen and oxygen atoms in total. The number of terminal acetylenes is 1. The van der Waals surface area contributed by atoms with Gasteiger partial charge in [-0.05, 0) is 87.2 Å². The summed E-state index contributed by atoms with van der Waals surface area (Å²) in [6, 6.07) is 12.7. The van der Waals surface area contributed by atoms with E-state index in [0.29, 0.717) is 57.8 Å². The Morgan fingerprint density at radius 3 is 2.34 bits per heavy atom. The highest BCUT2D eigenvalue weighted by atomic mass is 35.5. The molecule has 0 aliphatic carbocycles. The van der Waals surface area contributed by atoms with Gasteiger partial charge in [-0.15, -0.1) is 23.1 Å². The van der Waals surface area contributed by atoms with Crippen LogP contribution >= 0.6 is 65.6 Å². The molecular weight excluding hydrogens is 1070 g/mol. The molecule has 2 atom stereocenters. The van der Waals surface area contributed by atoms with E-state index in [-0.39, 0.29) is 42.8 Å². The smallest absolute Gasteiger partial charge is 0.350 e. The molecule has 4 heterocycles. The maximum atomic E-state index is 12.5. The van der Waals surface area contributed by atoms with Crippen LogP contribution in [0.5, 0.6) is 5.75 Å². The number of carboxylic acids is 1. The summed E-state index contributed by atoms with van der Waals surface area (Å²) in [7, 11) is -3.71. The molecular formula is C46H62Cl5N6O12PS. The normalized spacial score (nSPS) is 15.2. The molecule has 3 N–H and O–H groups in total. The molecule has 2 unspecified atom stereocenters. The van der Waals surface area contributed by atoms with E-state index in [1.165, 1.54) is 15.6 Å². The van der Waals surface area contributed by atoms with Gasteiger partial charge in [-0.1, -0.05) is 77.4 Å². The molecule has 1 fully saturated rings. The number of aromatic nitrogens is 3. The van der Waals surface area contributed by atoms with Gasteiger partial charge in [-0.25, -0.2) is 4.79 Å². The predicted molar refractivity (Wildman–Crippen MR) is 280 cm³/mol. The number of aliphatic carboxylic acids is 1. The first-order chi connectivity index (χ1) is 33.3. The van der Waals surface area contributed by atoms with Crippen molar-refractivity contribution in [1.82, 2.24) is 24.6 Å². The molecule has 2 amide bonds. The highest BCUT2D eigenvalue weighted by molar-refractivity contribution is 7.94. The monoisotopic (exact) mass is 1130 g/mol. The number of aryl methyl sites for hydroxylation is 3. The van der Waals surface area contributed by atoms with Gasteiger partial charge >= 0.3 is 11.7 Å². The summed E-state index contributed by atoms with van der Waals surface area (Å²) in [5.74, 6) is 2.50. The SMILES string of the molecule is C#CCOc1cc(-n2nc3n(c2=O)CCCC3)c(Cl)cc1Cl.CC1(C)OC(c2ccco2)CN1C(=O)C(Cl)Cl.CCOCN(C(=O)CCl)c1c(C)cccc1CC.C[S+](C)C.O=C(O)CNCP(=O)([O-])O. The van der Waals surface area contributed by atoms with Gasteiger partial charge in [-0.2, -0.15) is 4.68 Å². The van der Waals surface area contributed by atoms with Crippen LogP contribution in [-0.2, 0) is 58.7 Å². The highest BCUT2D eigenvalue weighted by Crippen LogP contribution is 2.37. The van der Waals surface area contributed by atoms with Crippen LogP contribution in [0.15, 0.2) is 57.9 Å². The fourth-order valence-corrected chi connectivity index (χ4v) is 7.90. The van der Waals surface area contributed by atoms with Crippen molar-refractivity contribution in [2.24, 2.45) is 0 Å². The molecule has 2 aliphatic rings. The number of hydrogen-bond acceptors (Lipinski definition) is 12. The maximum absolute atomic E-state index is 12.5. The number of alkyl halides is 3. The van der Waals surface area contributed by atoms with Crippen molar-refractivity contribution >= 4 is 100.0 Å². The molecule has 394 valence electrons. The standard InChI is InChI=1S/C15H13Cl2N3O2.C14H20ClNO2.C11H13Cl2NO3.C3H8NO5P.C3H9S/c1-2-7-22-13-9-12(10(16)8-11(13)17)20-15(21)19-6-4-3-5-14(19)18-20;1-4-12-8-6-7-11(3)14(12)16(10-18-5-2)13(17)9-15;1-11(2)14(10(15)9(12)13)6-8(17-11)7-4-3-5-16-7;5-3(6)1-4-2-10(7,8)9;1-4(2)3/h1,8-9H,3-7H2;6-8H,4-5,9-10H2,1-3H3;3-5,8-9H,6H2,1-2H3;4H,1-2H2,(H,5,6)(H2,7,8,9);1-3H3/q;;;;+1/p-1. The van der Waals surface area contributed by atoms with E-state index >= 15 is 0 Å². The fraction of sp³-hybridized carbons (Fsp3) is 0.500. The lowest BCUT2D eigenvalue weighted by Gasteiger charge is -2.29. The second kappa shape index (κ2) is 31.1. The molecule has 1 saturated heterocycles. The summed E-state index contributed by atoms with van der Waals surface area (Å²) in [5, 5.41) is 15.0. The number of rotatable bonds is 15. The summed E-state index contributed by atoms with van der Waals surface area (Å²) in [5.41, 5.74) is 2.61. The largest absolute Gasteiger partial charge is 0.778 e. The zero-order valence-corrected chi connectivity index (χ0v) is 46.3. The molecule has 4 aromatic rings. The first-order valence-corrected chi connectivity index (χ1v) is 28.2. The zero-order chi connectivity index (χ0) is 53.6. The zero-order valence-electron chi connectivity index (χ0n) is 40.8. The Bertz CT molecular complexity index is 2480. The number of amides is 2. The molecule has 0 bridgehead atoms. The lowest BCUT2D eigenvalue weighted by molar-refractivity contribution is -0.193. The van der Waals surface area contributed by atoms with Gasteiger partial charge in [0.25, 0.3) is 5.91 Å². The van der Waals surface area contributed by atoms with E-state index in [4.69, 9.17) is 93.1 Å². The second-order valence-electron chi connectivity index (χ2n) is 16.1. The first kappa shape index (κ1) is 63.4. The van der Waals surface area contributed by atoms with E-state index in [2.05, 4.69) is 36.7 Å². The Morgan fingerprint density at radius 2 is 1.80 bits per heavy atom. The molecule has 2 aromatic heterocycles. The van der Waals surface area contributed by atoms with Gasteiger partial charge in [-0.3, -0.25) is 29.2 Å².